The molecule has 0 fully saturated rings. The topological polar surface area (TPSA) is 38.8 Å². The zero-order valence-corrected chi connectivity index (χ0v) is 17.6. The molecule has 158 valence electrons. The SMILES string of the molecule is CCOCOC(CCCC(=O)N(C)C(C)Cc1ccccc1)c1ccc(F)cc1. The highest BCUT2D eigenvalue weighted by molar-refractivity contribution is 5.76. The Hall–Kier alpha value is -2.24. The van der Waals surface area contributed by atoms with Gasteiger partial charge in [0.25, 0.3) is 0 Å². The minimum absolute atomic E-state index is 0.121. The standard InChI is InChI=1S/C24H32FNO3/c1-4-28-18-29-23(21-13-15-22(25)16-14-21)11-8-12-24(27)26(3)19(2)17-20-9-6-5-7-10-20/h5-7,9-10,13-16,19,23H,4,8,11-12,17-18H2,1-3H3. The zero-order valence-electron chi connectivity index (χ0n) is 17.6. The predicted molar refractivity (Wildman–Crippen MR) is 113 cm³/mol. The molecule has 0 aliphatic carbocycles. The quantitative estimate of drug-likeness (QED) is 0.365. The van der Waals surface area contributed by atoms with Crippen molar-refractivity contribution in [2.75, 3.05) is 20.4 Å². The summed E-state index contributed by atoms with van der Waals surface area (Å²) >= 11 is 0. The monoisotopic (exact) mass is 401 g/mol. The minimum atomic E-state index is -0.276. The molecule has 0 radical (unpaired) electrons. The molecule has 0 heterocycles. The summed E-state index contributed by atoms with van der Waals surface area (Å²) < 4.78 is 24.3. The van der Waals surface area contributed by atoms with Crippen LogP contribution in [0.5, 0.6) is 0 Å². The van der Waals surface area contributed by atoms with Gasteiger partial charge in [0.05, 0.1) is 6.10 Å². The number of rotatable bonds is 12. The van der Waals surface area contributed by atoms with E-state index in [1.807, 2.05) is 37.1 Å². The molecular formula is C24H32FNO3. The van der Waals surface area contributed by atoms with E-state index in [0.29, 0.717) is 25.9 Å². The summed E-state index contributed by atoms with van der Waals surface area (Å²) in [6.45, 7) is 4.72. The Balaban J connectivity index is 1.84. The predicted octanol–water partition coefficient (Wildman–Crippen LogP) is 5.14. The highest BCUT2D eigenvalue weighted by Crippen LogP contribution is 2.24. The molecule has 0 spiro atoms. The number of hydrogen-bond donors (Lipinski definition) is 0. The van der Waals surface area contributed by atoms with E-state index in [2.05, 4.69) is 19.1 Å². The van der Waals surface area contributed by atoms with Crippen molar-refractivity contribution in [3.63, 3.8) is 0 Å². The summed E-state index contributed by atoms with van der Waals surface area (Å²) in [6.07, 6.45) is 2.42. The third kappa shape index (κ3) is 7.95. The van der Waals surface area contributed by atoms with Gasteiger partial charge in [-0.05, 0) is 56.4 Å². The molecule has 0 saturated heterocycles. The molecule has 0 saturated carbocycles. The van der Waals surface area contributed by atoms with Gasteiger partial charge in [-0.15, -0.1) is 0 Å². The molecule has 4 nitrogen and oxygen atoms in total. The van der Waals surface area contributed by atoms with Gasteiger partial charge < -0.3 is 14.4 Å². The molecule has 2 atom stereocenters. The molecule has 29 heavy (non-hydrogen) atoms. The fourth-order valence-electron chi connectivity index (χ4n) is 3.19. The van der Waals surface area contributed by atoms with Crippen molar-refractivity contribution < 1.29 is 18.7 Å². The summed E-state index contributed by atoms with van der Waals surface area (Å²) in [5.41, 5.74) is 2.12. The van der Waals surface area contributed by atoms with Crippen LogP contribution in [0.3, 0.4) is 0 Å². The molecule has 0 aliphatic heterocycles. The molecule has 0 aromatic heterocycles. The van der Waals surface area contributed by atoms with E-state index in [1.165, 1.54) is 17.7 Å². The smallest absolute Gasteiger partial charge is 0.222 e. The van der Waals surface area contributed by atoms with Gasteiger partial charge in [-0.25, -0.2) is 4.39 Å². The Bertz CT molecular complexity index is 721. The van der Waals surface area contributed by atoms with Crippen LogP contribution in [0.2, 0.25) is 0 Å². The molecule has 0 bridgehead atoms. The molecule has 2 rings (SSSR count). The number of ether oxygens (including phenoxy) is 2. The van der Waals surface area contributed by atoms with Gasteiger partial charge in [0.2, 0.25) is 5.91 Å². The summed E-state index contributed by atoms with van der Waals surface area (Å²) in [5.74, 6) is -0.155. The molecule has 0 aliphatic rings. The van der Waals surface area contributed by atoms with Gasteiger partial charge in [-0.2, -0.15) is 0 Å². The van der Waals surface area contributed by atoms with Crippen molar-refractivity contribution in [2.24, 2.45) is 0 Å². The highest BCUT2D eigenvalue weighted by Gasteiger charge is 2.18. The van der Waals surface area contributed by atoms with E-state index in [1.54, 1.807) is 12.1 Å². The second-order valence-electron chi connectivity index (χ2n) is 7.25. The Labute approximate surface area is 173 Å². The summed E-state index contributed by atoms with van der Waals surface area (Å²) in [5, 5.41) is 0. The summed E-state index contributed by atoms with van der Waals surface area (Å²) in [4.78, 5) is 14.4. The molecule has 2 aromatic rings. The van der Waals surface area contributed by atoms with Crippen molar-refractivity contribution in [2.45, 2.75) is 51.7 Å². The highest BCUT2D eigenvalue weighted by atomic mass is 19.1. The van der Waals surface area contributed by atoms with E-state index in [9.17, 15) is 9.18 Å². The fourth-order valence-corrected chi connectivity index (χ4v) is 3.19. The minimum Gasteiger partial charge on any atom is -0.356 e. The average molecular weight is 402 g/mol. The maximum absolute atomic E-state index is 13.2. The zero-order chi connectivity index (χ0) is 21.1. The van der Waals surface area contributed by atoms with Crippen LogP contribution in [0.25, 0.3) is 0 Å². The van der Waals surface area contributed by atoms with Crippen molar-refractivity contribution in [3.05, 3.63) is 71.5 Å². The van der Waals surface area contributed by atoms with Crippen molar-refractivity contribution >= 4 is 5.91 Å². The number of nitrogens with zero attached hydrogens (tertiary/aromatic N) is 1. The third-order valence-corrected chi connectivity index (χ3v) is 5.08. The Kier molecular flexibility index (Phi) is 9.81. The van der Waals surface area contributed by atoms with Crippen molar-refractivity contribution in [3.8, 4) is 0 Å². The van der Waals surface area contributed by atoms with Crippen LogP contribution in [0.4, 0.5) is 4.39 Å². The van der Waals surface area contributed by atoms with Crippen LogP contribution in [0.15, 0.2) is 54.6 Å². The third-order valence-electron chi connectivity index (χ3n) is 5.08. The van der Waals surface area contributed by atoms with Gasteiger partial charge in [-0.1, -0.05) is 42.5 Å². The lowest BCUT2D eigenvalue weighted by Gasteiger charge is -2.25. The van der Waals surface area contributed by atoms with E-state index >= 15 is 0 Å². The maximum atomic E-state index is 13.2. The number of hydrogen-bond acceptors (Lipinski definition) is 3. The first-order chi connectivity index (χ1) is 14.0. The Morgan fingerprint density at radius 3 is 2.45 bits per heavy atom. The van der Waals surface area contributed by atoms with Gasteiger partial charge in [0, 0.05) is 26.1 Å². The van der Waals surface area contributed by atoms with Crippen LogP contribution in [0.1, 0.15) is 50.3 Å². The van der Waals surface area contributed by atoms with Gasteiger partial charge in [0.15, 0.2) is 0 Å². The first-order valence-electron chi connectivity index (χ1n) is 10.3. The molecule has 0 N–H and O–H groups in total. The number of carbonyl (C=O) groups is 1. The number of carbonyl (C=O) groups excluding carboxylic acids is 1. The normalized spacial score (nSPS) is 13.1. The molecule has 1 amide bonds. The maximum Gasteiger partial charge on any atom is 0.222 e. The lowest BCUT2D eigenvalue weighted by atomic mass is 10.0. The second-order valence-corrected chi connectivity index (χ2v) is 7.25. The fraction of sp³-hybridized carbons (Fsp3) is 0.458. The second kappa shape index (κ2) is 12.3. The van der Waals surface area contributed by atoms with Crippen molar-refractivity contribution in [1.29, 1.82) is 0 Å². The Morgan fingerprint density at radius 2 is 1.79 bits per heavy atom. The summed E-state index contributed by atoms with van der Waals surface area (Å²) in [7, 11) is 1.86. The van der Waals surface area contributed by atoms with Gasteiger partial charge in [0.1, 0.15) is 12.6 Å². The lowest BCUT2D eigenvalue weighted by Crippen LogP contribution is -2.36. The summed E-state index contributed by atoms with van der Waals surface area (Å²) in [6, 6.07) is 16.6. The van der Waals surface area contributed by atoms with Crippen LogP contribution in [-0.2, 0) is 20.7 Å². The first-order valence-corrected chi connectivity index (χ1v) is 10.3. The Morgan fingerprint density at radius 1 is 1.10 bits per heavy atom. The first kappa shape index (κ1) is 23.0. The van der Waals surface area contributed by atoms with Gasteiger partial charge in [-0.3, -0.25) is 4.79 Å². The number of halogens is 1. The van der Waals surface area contributed by atoms with E-state index in [0.717, 1.165) is 12.0 Å². The van der Waals surface area contributed by atoms with E-state index in [-0.39, 0.29) is 30.7 Å². The lowest BCUT2D eigenvalue weighted by molar-refractivity contribution is -0.132. The number of amides is 1. The van der Waals surface area contributed by atoms with E-state index < -0.39 is 0 Å². The van der Waals surface area contributed by atoms with E-state index in [4.69, 9.17) is 9.47 Å². The van der Waals surface area contributed by atoms with Crippen LogP contribution in [-0.4, -0.2) is 37.3 Å². The van der Waals surface area contributed by atoms with Crippen molar-refractivity contribution in [1.82, 2.24) is 4.90 Å². The molecule has 5 heteroatoms. The molecular weight excluding hydrogens is 369 g/mol. The number of benzene rings is 2. The van der Waals surface area contributed by atoms with Crippen LogP contribution < -0.4 is 0 Å². The largest absolute Gasteiger partial charge is 0.356 e. The van der Waals surface area contributed by atoms with Crippen LogP contribution in [0, 0.1) is 5.82 Å². The molecule has 2 aromatic carbocycles. The van der Waals surface area contributed by atoms with Crippen LogP contribution >= 0.6 is 0 Å². The number of likely N-dealkylation sites (N-methyl/N-ethyl adjacent to an activating group) is 1. The average Bonchev–Trinajstić information content (AvgIpc) is 2.73. The molecule has 2 unspecified atom stereocenters. The van der Waals surface area contributed by atoms with Gasteiger partial charge >= 0.3 is 0 Å².